The Balaban J connectivity index is 1.76. The molecule has 3 nitrogen and oxygen atoms in total. The molecular weight excluding hydrogens is 312 g/mol. The molecule has 0 atom stereocenters. The van der Waals surface area contributed by atoms with Crippen LogP contribution in [-0.4, -0.2) is 10.9 Å². The molecule has 1 aromatic carbocycles. The molecule has 112 valence electrons. The summed E-state index contributed by atoms with van der Waals surface area (Å²) in [6.45, 7) is 4.60. The van der Waals surface area contributed by atoms with Crippen LogP contribution in [0.3, 0.4) is 0 Å². The number of thiophene rings is 1. The van der Waals surface area contributed by atoms with E-state index in [1.165, 1.54) is 16.9 Å². The number of rotatable bonds is 4. The molecule has 2 heterocycles. The van der Waals surface area contributed by atoms with Gasteiger partial charge in [-0.05, 0) is 30.9 Å². The van der Waals surface area contributed by atoms with Gasteiger partial charge >= 0.3 is 0 Å². The second kappa shape index (κ2) is 6.42. The first-order chi connectivity index (χ1) is 10.6. The van der Waals surface area contributed by atoms with E-state index in [4.69, 9.17) is 0 Å². The molecule has 1 amide bonds. The third kappa shape index (κ3) is 3.10. The largest absolute Gasteiger partial charge is 0.346 e. The quantitative estimate of drug-likeness (QED) is 0.770. The Labute approximate surface area is 137 Å². The van der Waals surface area contributed by atoms with Crippen molar-refractivity contribution in [2.24, 2.45) is 0 Å². The number of benzene rings is 1. The van der Waals surface area contributed by atoms with Gasteiger partial charge in [0.25, 0.3) is 5.91 Å². The lowest BCUT2D eigenvalue weighted by molar-refractivity contribution is 0.0955. The zero-order valence-electron chi connectivity index (χ0n) is 12.4. The van der Waals surface area contributed by atoms with Crippen molar-refractivity contribution in [3.8, 4) is 10.6 Å². The molecule has 0 spiro atoms. The van der Waals surface area contributed by atoms with E-state index in [-0.39, 0.29) is 5.91 Å². The summed E-state index contributed by atoms with van der Waals surface area (Å²) in [4.78, 5) is 18.5. The lowest BCUT2D eigenvalue weighted by atomic mass is 10.1. The number of aryl methyl sites for hydroxylation is 2. The monoisotopic (exact) mass is 328 g/mol. The van der Waals surface area contributed by atoms with Gasteiger partial charge in [0, 0.05) is 10.4 Å². The number of carbonyl (C=O) groups excluding carboxylic acids is 1. The van der Waals surface area contributed by atoms with Gasteiger partial charge in [0.15, 0.2) is 0 Å². The maximum absolute atomic E-state index is 12.0. The molecule has 0 radical (unpaired) electrons. The van der Waals surface area contributed by atoms with Gasteiger partial charge in [-0.3, -0.25) is 4.79 Å². The van der Waals surface area contributed by atoms with Crippen LogP contribution in [0.25, 0.3) is 10.6 Å². The summed E-state index contributed by atoms with van der Waals surface area (Å²) in [5.74, 6) is -0.0276. The van der Waals surface area contributed by atoms with E-state index in [0.717, 1.165) is 26.0 Å². The SMILES string of the molecule is Cc1ccccc1-c1nc(C)c(CNC(=O)c2cccs2)s1. The minimum Gasteiger partial charge on any atom is -0.346 e. The molecule has 0 bridgehead atoms. The van der Waals surface area contributed by atoms with Crippen molar-refractivity contribution < 1.29 is 4.79 Å². The fraction of sp³-hybridized carbons (Fsp3) is 0.176. The topological polar surface area (TPSA) is 42.0 Å². The molecule has 22 heavy (non-hydrogen) atoms. The molecule has 0 saturated carbocycles. The van der Waals surface area contributed by atoms with E-state index in [2.05, 4.69) is 29.4 Å². The van der Waals surface area contributed by atoms with Crippen LogP contribution >= 0.6 is 22.7 Å². The molecule has 5 heteroatoms. The zero-order chi connectivity index (χ0) is 15.5. The Bertz CT molecular complexity index is 791. The van der Waals surface area contributed by atoms with Gasteiger partial charge < -0.3 is 5.32 Å². The lowest BCUT2D eigenvalue weighted by Crippen LogP contribution is -2.21. The number of nitrogens with zero attached hydrogens (tertiary/aromatic N) is 1. The Morgan fingerprint density at radius 2 is 2.00 bits per heavy atom. The van der Waals surface area contributed by atoms with Gasteiger partial charge in [-0.1, -0.05) is 30.3 Å². The molecule has 3 aromatic rings. The number of hydrogen-bond donors (Lipinski definition) is 1. The zero-order valence-corrected chi connectivity index (χ0v) is 14.1. The van der Waals surface area contributed by atoms with E-state index in [1.54, 1.807) is 11.3 Å². The summed E-state index contributed by atoms with van der Waals surface area (Å²) in [6.07, 6.45) is 0. The molecule has 3 rings (SSSR count). The molecule has 0 saturated heterocycles. The van der Waals surface area contributed by atoms with Crippen molar-refractivity contribution >= 4 is 28.6 Å². The van der Waals surface area contributed by atoms with E-state index in [9.17, 15) is 4.79 Å². The minimum atomic E-state index is -0.0276. The van der Waals surface area contributed by atoms with Crippen LogP contribution < -0.4 is 5.32 Å². The highest BCUT2D eigenvalue weighted by atomic mass is 32.1. The van der Waals surface area contributed by atoms with Crippen LogP contribution in [0.5, 0.6) is 0 Å². The van der Waals surface area contributed by atoms with Gasteiger partial charge in [0.2, 0.25) is 0 Å². The summed E-state index contributed by atoms with van der Waals surface area (Å²) in [6, 6.07) is 11.9. The number of amides is 1. The number of hydrogen-bond acceptors (Lipinski definition) is 4. The third-order valence-corrected chi connectivity index (χ3v) is 5.48. The fourth-order valence-corrected chi connectivity index (χ4v) is 3.91. The van der Waals surface area contributed by atoms with E-state index in [0.29, 0.717) is 6.54 Å². The minimum absolute atomic E-state index is 0.0276. The first kappa shape index (κ1) is 14.9. The second-order valence-electron chi connectivity index (χ2n) is 5.00. The van der Waals surface area contributed by atoms with Crippen molar-refractivity contribution in [2.45, 2.75) is 20.4 Å². The van der Waals surface area contributed by atoms with Crippen molar-refractivity contribution in [3.05, 3.63) is 62.8 Å². The Kier molecular flexibility index (Phi) is 4.36. The molecule has 1 N–H and O–H groups in total. The van der Waals surface area contributed by atoms with Crippen LogP contribution in [0.2, 0.25) is 0 Å². The average Bonchev–Trinajstić information content (AvgIpc) is 3.15. The first-order valence-electron chi connectivity index (χ1n) is 6.99. The summed E-state index contributed by atoms with van der Waals surface area (Å²) in [7, 11) is 0. The lowest BCUT2D eigenvalue weighted by Gasteiger charge is -2.02. The highest BCUT2D eigenvalue weighted by Gasteiger charge is 2.12. The number of nitrogens with one attached hydrogen (secondary N) is 1. The first-order valence-corrected chi connectivity index (χ1v) is 8.69. The van der Waals surface area contributed by atoms with Crippen LogP contribution in [0.1, 0.15) is 25.8 Å². The summed E-state index contributed by atoms with van der Waals surface area (Å²) < 4.78 is 0. The van der Waals surface area contributed by atoms with Crippen LogP contribution in [0.4, 0.5) is 0 Å². The molecule has 2 aromatic heterocycles. The smallest absolute Gasteiger partial charge is 0.261 e. The Hall–Kier alpha value is -1.98. The summed E-state index contributed by atoms with van der Waals surface area (Å²) in [5.41, 5.74) is 3.35. The van der Waals surface area contributed by atoms with Crippen molar-refractivity contribution in [2.75, 3.05) is 0 Å². The molecule has 0 aliphatic rings. The van der Waals surface area contributed by atoms with Gasteiger partial charge in [-0.25, -0.2) is 4.98 Å². The van der Waals surface area contributed by atoms with Gasteiger partial charge in [-0.15, -0.1) is 22.7 Å². The molecule has 0 unspecified atom stereocenters. The second-order valence-corrected chi connectivity index (χ2v) is 7.03. The van der Waals surface area contributed by atoms with Gasteiger partial charge in [0.1, 0.15) is 5.01 Å². The van der Waals surface area contributed by atoms with E-state index in [1.807, 2.05) is 36.6 Å². The maximum Gasteiger partial charge on any atom is 0.261 e. The highest BCUT2D eigenvalue weighted by molar-refractivity contribution is 7.15. The highest BCUT2D eigenvalue weighted by Crippen LogP contribution is 2.30. The normalized spacial score (nSPS) is 10.6. The number of aromatic nitrogens is 1. The number of carbonyl (C=O) groups is 1. The van der Waals surface area contributed by atoms with Crippen LogP contribution in [0, 0.1) is 13.8 Å². The predicted molar refractivity (Wildman–Crippen MR) is 92.5 cm³/mol. The third-order valence-electron chi connectivity index (χ3n) is 3.42. The van der Waals surface area contributed by atoms with E-state index >= 15 is 0 Å². The van der Waals surface area contributed by atoms with Crippen molar-refractivity contribution in [1.82, 2.24) is 10.3 Å². The van der Waals surface area contributed by atoms with Crippen LogP contribution in [-0.2, 0) is 6.54 Å². The maximum atomic E-state index is 12.0. The Morgan fingerprint density at radius 3 is 2.73 bits per heavy atom. The van der Waals surface area contributed by atoms with Gasteiger partial charge in [0.05, 0.1) is 17.1 Å². The Morgan fingerprint density at radius 1 is 1.18 bits per heavy atom. The van der Waals surface area contributed by atoms with Crippen molar-refractivity contribution in [3.63, 3.8) is 0 Å². The average molecular weight is 328 g/mol. The summed E-state index contributed by atoms with van der Waals surface area (Å²) in [5, 5.41) is 5.88. The fourth-order valence-electron chi connectivity index (χ4n) is 2.18. The molecule has 0 fully saturated rings. The number of thiazole rings is 1. The summed E-state index contributed by atoms with van der Waals surface area (Å²) >= 11 is 3.09. The molecule has 0 aliphatic heterocycles. The van der Waals surface area contributed by atoms with Crippen molar-refractivity contribution in [1.29, 1.82) is 0 Å². The van der Waals surface area contributed by atoms with Crippen LogP contribution in [0.15, 0.2) is 41.8 Å². The predicted octanol–water partition coefficient (Wildman–Crippen LogP) is 4.42. The molecular formula is C17H16N2OS2. The standard InChI is InChI=1S/C17H16N2OS2/c1-11-6-3-4-7-13(11)17-19-12(2)15(22-17)10-18-16(20)14-8-5-9-21-14/h3-9H,10H2,1-2H3,(H,18,20). The molecule has 0 aliphatic carbocycles. The van der Waals surface area contributed by atoms with Gasteiger partial charge in [-0.2, -0.15) is 0 Å². The van der Waals surface area contributed by atoms with E-state index < -0.39 is 0 Å².